The SMILES string of the molecule is CC(C)(C)OC(=O)N1CCc2cccc(C(N)CO)c21. The molecule has 0 saturated carbocycles. The Labute approximate surface area is 119 Å². The Kier molecular flexibility index (Phi) is 4.01. The van der Waals surface area contributed by atoms with Gasteiger partial charge in [0.1, 0.15) is 5.60 Å². The maximum atomic E-state index is 12.3. The first-order valence-electron chi connectivity index (χ1n) is 6.82. The normalized spacial score (nSPS) is 15.9. The van der Waals surface area contributed by atoms with E-state index < -0.39 is 11.6 Å². The summed E-state index contributed by atoms with van der Waals surface area (Å²) in [5.41, 5.74) is 8.04. The maximum absolute atomic E-state index is 12.3. The third-order valence-electron chi connectivity index (χ3n) is 3.24. The second kappa shape index (κ2) is 5.42. The fraction of sp³-hybridized carbons (Fsp3) is 0.533. The first-order valence-corrected chi connectivity index (χ1v) is 6.82. The number of amides is 1. The summed E-state index contributed by atoms with van der Waals surface area (Å²) in [6.45, 7) is 5.95. The van der Waals surface area contributed by atoms with E-state index in [-0.39, 0.29) is 12.7 Å². The Bertz CT molecular complexity index is 508. The predicted molar refractivity (Wildman–Crippen MR) is 77.7 cm³/mol. The number of aliphatic hydroxyl groups is 1. The van der Waals surface area contributed by atoms with Crippen LogP contribution in [0.1, 0.15) is 37.9 Å². The molecule has 1 aromatic rings. The third-order valence-corrected chi connectivity index (χ3v) is 3.24. The Morgan fingerprint density at radius 3 is 2.80 bits per heavy atom. The molecule has 0 aromatic heterocycles. The summed E-state index contributed by atoms with van der Waals surface area (Å²) in [4.78, 5) is 13.9. The van der Waals surface area contributed by atoms with Gasteiger partial charge in [0, 0.05) is 6.54 Å². The summed E-state index contributed by atoms with van der Waals surface area (Å²) >= 11 is 0. The summed E-state index contributed by atoms with van der Waals surface area (Å²) in [6.07, 6.45) is 0.412. The highest BCUT2D eigenvalue weighted by Crippen LogP contribution is 2.35. The van der Waals surface area contributed by atoms with E-state index in [1.807, 2.05) is 39.0 Å². The summed E-state index contributed by atoms with van der Waals surface area (Å²) in [6, 6.07) is 5.24. The fourth-order valence-corrected chi connectivity index (χ4v) is 2.38. The van der Waals surface area contributed by atoms with Gasteiger partial charge in [0.05, 0.1) is 18.3 Å². The monoisotopic (exact) mass is 278 g/mol. The second-order valence-corrected chi connectivity index (χ2v) is 6.03. The van der Waals surface area contributed by atoms with Crippen LogP contribution in [0.25, 0.3) is 0 Å². The van der Waals surface area contributed by atoms with Gasteiger partial charge >= 0.3 is 6.09 Å². The van der Waals surface area contributed by atoms with Crippen LogP contribution in [0.15, 0.2) is 18.2 Å². The summed E-state index contributed by atoms with van der Waals surface area (Å²) in [7, 11) is 0. The summed E-state index contributed by atoms with van der Waals surface area (Å²) < 4.78 is 5.43. The van der Waals surface area contributed by atoms with Gasteiger partial charge < -0.3 is 15.6 Å². The molecular formula is C15H22N2O3. The zero-order valence-corrected chi connectivity index (χ0v) is 12.2. The van der Waals surface area contributed by atoms with Crippen LogP contribution in [0.4, 0.5) is 10.5 Å². The van der Waals surface area contributed by atoms with Crippen LogP contribution in [0.2, 0.25) is 0 Å². The molecule has 5 nitrogen and oxygen atoms in total. The molecule has 0 bridgehead atoms. The zero-order valence-electron chi connectivity index (χ0n) is 12.2. The molecule has 0 spiro atoms. The Balaban J connectivity index is 2.34. The maximum Gasteiger partial charge on any atom is 0.414 e. The quantitative estimate of drug-likeness (QED) is 0.867. The van der Waals surface area contributed by atoms with Crippen molar-refractivity contribution in [2.24, 2.45) is 5.73 Å². The van der Waals surface area contributed by atoms with Crippen LogP contribution in [0, 0.1) is 0 Å². The third kappa shape index (κ3) is 2.94. The van der Waals surface area contributed by atoms with E-state index in [1.54, 1.807) is 4.90 Å². The van der Waals surface area contributed by atoms with Gasteiger partial charge in [-0.1, -0.05) is 18.2 Å². The van der Waals surface area contributed by atoms with Crippen LogP contribution in [0.5, 0.6) is 0 Å². The molecule has 0 fully saturated rings. The second-order valence-electron chi connectivity index (χ2n) is 6.03. The van der Waals surface area contributed by atoms with Crippen molar-refractivity contribution in [2.75, 3.05) is 18.1 Å². The van der Waals surface area contributed by atoms with Gasteiger partial charge in [0.25, 0.3) is 0 Å². The molecule has 1 heterocycles. The summed E-state index contributed by atoms with van der Waals surface area (Å²) in [5.74, 6) is 0. The van der Waals surface area contributed by atoms with E-state index in [4.69, 9.17) is 10.5 Å². The topological polar surface area (TPSA) is 75.8 Å². The van der Waals surface area contributed by atoms with Crippen LogP contribution < -0.4 is 10.6 Å². The Morgan fingerprint density at radius 2 is 2.20 bits per heavy atom. The highest BCUT2D eigenvalue weighted by Gasteiger charge is 2.31. The van der Waals surface area contributed by atoms with Crippen LogP contribution in [0.3, 0.4) is 0 Å². The minimum Gasteiger partial charge on any atom is -0.443 e. The number of rotatable bonds is 2. The lowest BCUT2D eigenvalue weighted by molar-refractivity contribution is 0.0583. The smallest absolute Gasteiger partial charge is 0.414 e. The Morgan fingerprint density at radius 1 is 1.50 bits per heavy atom. The number of benzene rings is 1. The van der Waals surface area contributed by atoms with Crippen molar-refractivity contribution in [3.63, 3.8) is 0 Å². The number of carbonyl (C=O) groups is 1. The van der Waals surface area contributed by atoms with E-state index in [2.05, 4.69) is 0 Å². The minimum atomic E-state index is -0.534. The van der Waals surface area contributed by atoms with Crippen molar-refractivity contribution in [1.82, 2.24) is 0 Å². The van der Waals surface area contributed by atoms with Crippen molar-refractivity contribution in [3.05, 3.63) is 29.3 Å². The molecule has 1 unspecified atom stereocenters. The van der Waals surface area contributed by atoms with E-state index in [0.717, 1.165) is 23.2 Å². The number of hydrogen-bond donors (Lipinski definition) is 2. The molecular weight excluding hydrogens is 256 g/mol. The number of nitrogens with zero attached hydrogens (tertiary/aromatic N) is 1. The van der Waals surface area contributed by atoms with Gasteiger partial charge in [-0.3, -0.25) is 4.90 Å². The van der Waals surface area contributed by atoms with E-state index >= 15 is 0 Å². The van der Waals surface area contributed by atoms with Gasteiger partial charge in [0.2, 0.25) is 0 Å². The molecule has 0 aliphatic carbocycles. The van der Waals surface area contributed by atoms with Gasteiger partial charge in [-0.15, -0.1) is 0 Å². The highest BCUT2D eigenvalue weighted by molar-refractivity contribution is 5.92. The van der Waals surface area contributed by atoms with E-state index in [1.165, 1.54) is 0 Å². The number of aliphatic hydroxyl groups excluding tert-OH is 1. The molecule has 0 saturated heterocycles. The molecule has 1 amide bonds. The first kappa shape index (κ1) is 14.8. The largest absolute Gasteiger partial charge is 0.443 e. The minimum absolute atomic E-state index is 0.154. The number of ether oxygens (including phenoxy) is 1. The van der Waals surface area contributed by atoms with Gasteiger partial charge in [-0.05, 0) is 38.3 Å². The van der Waals surface area contributed by atoms with Gasteiger partial charge in [-0.25, -0.2) is 4.79 Å². The fourth-order valence-electron chi connectivity index (χ4n) is 2.38. The zero-order chi connectivity index (χ0) is 14.9. The molecule has 110 valence electrons. The molecule has 1 aliphatic rings. The molecule has 2 rings (SSSR count). The number of carbonyl (C=O) groups excluding carboxylic acids is 1. The number of fused-ring (bicyclic) bond motifs is 1. The predicted octanol–water partition coefficient (Wildman–Crippen LogP) is 1.98. The molecule has 5 heteroatoms. The number of anilines is 1. The van der Waals surface area contributed by atoms with Crippen molar-refractivity contribution in [2.45, 2.75) is 38.8 Å². The number of hydrogen-bond acceptors (Lipinski definition) is 4. The van der Waals surface area contributed by atoms with Gasteiger partial charge in [-0.2, -0.15) is 0 Å². The molecule has 3 N–H and O–H groups in total. The summed E-state index contributed by atoms with van der Waals surface area (Å²) in [5, 5.41) is 9.27. The molecule has 0 radical (unpaired) electrons. The molecule has 1 aliphatic heterocycles. The number of para-hydroxylation sites is 1. The van der Waals surface area contributed by atoms with Gasteiger partial charge in [0.15, 0.2) is 0 Å². The van der Waals surface area contributed by atoms with Crippen molar-refractivity contribution >= 4 is 11.8 Å². The average molecular weight is 278 g/mol. The lowest BCUT2D eigenvalue weighted by atomic mass is 10.0. The van der Waals surface area contributed by atoms with Crippen molar-refractivity contribution in [1.29, 1.82) is 0 Å². The van der Waals surface area contributed by atoms with Crippen molar-refractivity contribution < 1.29 is 14.6 Å². The Hall–Kier alpha value is -1.59. The molecule has 1 atom stereocenters. The average Bonchev–Trinajstić information content (AvgIpc) is 2.79. The lowest BCUT2D eigenvalue weighted by Gasteiger charge is -2.26. The molecule has 1 aromatic carbocycles. The van der Waals surface area contributed by atoms with E-state index in [0.29, 0.717) is 6.54 Å². The van der Waals surface area contributed by atoms with Crippen molar-refractivity contribution in [3.8, 4) is 0 Å². The van der Waals surface area contributed by atoms with Crippen LogP contribution in [-0.4, -0.2) is 30.0 Å². The van der Waals surface area contributed by atoms with E-state index in [9.17, 15) is 9.90 Å². The van der Waals surface area contributed by atoms with Crippen LogP contribution >= 0.6 is 0 Å². The highest BCUT2D eigenvalue weighted by atomic mass is 16.6. The first-order chi connectivity index (χ1) is 9.33. The standard InChI is InChI=1S/C15H22N2O3/c1-15(2,3)20-14(19)17-8-7-10-5-4-6-11(13(10)17)12(16)9-18/h4-6,12,18H,7-9,16H2,1-3H3. The molecule has 20 heavy (non-hydrogen) atoms. The number of nitrogens with two attached hydrogens (primary N) is 1. The van der Waals surface area contributed by atoms with Crippen LogP contribution in [-0.2, 0) is 11.2 Å². The lowest BCUT2D eigenvalue weighted by Crippen LogP contribution is -2.36.